The van der Waals surface area contributed by atoms with Crippen molar-refractivity contribution < 1.29 is 39.7 Å². The van der Waals surface area contributed by atoms with Crippen molar-refractivity contribution in [1.82, 2.24) is 0 Å². The van der Waals surface area contributed by atoms with Gasteiger partial charge in [0.1, 0.15) is 24.4 Å². The summed E-state index contributed by atoms with van der Waals surface area (Å²) in [4.78, 5) is 0. The molecule has 1 aliphatic carbocycles. The highest BCUT2D eigenvalue weighted by molar-refractivity contribution is 5.21. The van der Waals surface area contributed by atoms with Crippen LogP contribution in [0.15, 0.2) is 11.6 Å². The zero-order valence-electron chi connectivity index (χ0n) is 12.7. The van der Waals surface area contributed by atoms with Gasteiger partial charge in [0, 0.05) is 12.5 Å². The lowest BCUT2D eigenvalue weighted by Crippen LogP contribution is -2.59. The van der Waals surface area contributed by atoms with E-state index in [9.17, 15) is 25.5 Å². The van der Waals surface area contributed by atoms with Crippen molar-refractivity contribution in [2.75, 3.05) is 26.4 Å². The van der Waals surface area contributed by atoms with E-state index in [0.29, 0.717) is 6.61 Å². The summed E-state index contributed by atoms with van der Waals surface area (Å²) in [5, 5.41) is 48.1. The largest absolute Gasteiger partial charge is 0.394 e. The summed E-state index contributed by atoms with van der Waals surface area (Å²) < 4.78 is 16.5. The number of aliphatic hydroxyl groups excluding tert-OH is 5. The van der Waals surface area contributed by atoms with Crippen LogP contribution in [0.4, 0.5) is 0 Å². The fraction of sp³-hybridized carbons (Fsp3) is 0.867. The molecule has 8 heteroatoms. The number of hydrogen-bond donors (Lipinski definition) is 5. The fourth-order valence-electron chi connectivity index (χ4n) is 3.64. The topological polar surface area (TPSA) is 129 Å². The first-order valence-corrected chi connectivity index (χ1v) is 7.92. The van der Waals surface area contributed by atoms with Crippen LogP contribution in [0.5, 0.6) is 0 Å². The zero-order valence-corrected chi connectivity index (χ0v) is 12.7. The van der Waals surface area contributed by atoms with Crippen LogP contribution in [-0.4, -0.2) is 88.8 Å². The van der Waals surface area contributed by atoms with E-state index in [2.05, 4.69) is 0 Å². The van der Waals surface area contributed by atoms with Gasteiger partial charge in [-0.25, -0.2) is 0 Å². The molecule has 3 aliphatic rings. The predicted molar refractivity (Wildman–Crippen MR) is 76.2 cm³/mol. The Morgan fingerprint density at radius 3 is 2.61 bits per heavy atom. The van der Waals surface area contributed by atoms with Crippen LogP contribution in [0.2, 0.25) is 0 Å². The molecule has 2 fully saturated rings. The molecule has 23 heavy (non-hydrogen) atoms. The van der Waals surface area contributed by atoms with E-state index >= 15 is 0 Å². The van der Waals surface area contributed by atoms with E-state index in [1.54, 1.807) is 0 Å². The normalized spacial score (nSPS) is 46.7. The van der Waals surface area contributed by atoms with Gasteiger partial charge in [-0.3, -0.25) is 0 Å². The van der Waals surface area contributed by atoms with Crippen molar-refractivity contribution in [1.29, 1.82) is 0 Å². The summed E-state index contributed by atoms with van der Waals surface area (Å²) in [5.41, 5.74) is 0.837. The summed E-state index contributed by atoms with van der Waals surface area (Å²) in [6, 6.07) is 0. The Balaban J connectivity index is 1.62. The lowest BCUT2D eigenvalue weighted by atomic mass is 9.89. The summed E-state index contributed by atoms with van der Waals surface area (Å²) >= 11 is 0. The van der Waals surface area contributed by atoms with Gasteiger partial charge in [-0.05, 0) is 17.9 Å². The molecule has 0 aromatic heterocycles. The molecule has 2 aliphatic heterocycles. The molecule has 8 nitrogen and oxygen atoms in total. The molecular weight excluding hydrogens is 308 g/mol. The van der Waals surface area contributed by atoms with Gasteiger partial charge in [0.2, 0.25) is 0 Å². The zero-order chi connectivity index (χ0) is 16.6. The number of ether oxygens (including phenoxy) is 3. The Morgan fingerprint density at radius 2 is 1.91 bits per heavy atom. The van der Waals surface area contributed by atoms with Crippen LogP contribution in [0, 0.1) is 11.8 Å². The van der Waals surface area contributed by atoms with Crippen molar-refractivity contribution in [3.05, 3.63) is 11.6 Å². The number of aliphatic hydroxyl groups is 5. The molecule has 0 aromatic rings. The average molecular weight is 332 g/mol. The van der Waals surface area contributed by atoms with Crippen LogP contribution in [-0.2, 0) is 14.2 Å². The van der Waals surface area contributed by atoms with Crippen LogP contribution in [0.25, 0.3) is 0 Å². The number of rotatable bonds is 5. The van der Waals surface area contributed by atoms with Gasteiger partial charge in [-0.2, -0.15) is 0 Å². The maximum absolute atomic E-state index is 9.98. The van der Waals surface area contributed by atoms with Crippen molar-refractivity contribution in [3.8, 4) is 0 Å². The smallest absolute Gasteiger partial charge is 0.186 e. The highest BCUT2D eigenvalue weighted by atomic mass is 16.7. The first kappa shape index (κ1) is 17.2. The molecule has 0 aromatic carbocycles. The molecule has 132 valence electrons. The van der Waals surface area contributed by atoms with E-state index in [1.807, 2.05) is 6.08 Å². The molecule has 0 spiro atoms. The highest BCUT2D eigenvalue weighted by Crippen LogP contribution is 2.40. The first-order valence-electron chi connectivity index (χ1n) is 7.92. The maximum Gasteiger partial charge on any atom is 0.186 e. The monoisotopic (exact) mass is 332 g/mol. The van der Waals surface area contributed by atoms with Gasteiger partial charge in [0.05, 0.1) is 25.9 Å². The van der Waals surface area contributed by atoms with Crippen LogP contribution < -0.4 is 0 Å². The molecule has 0 bridgehead atoms. The minimum absolute atomic E-state index is 0.0134. The van der Waals surface area contributed by atoms with Crippen molar-refractivity contribution >= 4 is 0 Å². The van der Waals surface area contributed by atoms with Crippen molar-refractivity contribution in [2.45, 2.75) is 43.2 Å². The van der Waals surface area contributed by atoms with Gasteiger partial charge in [-0.15, -0.1) is 0 Å². The molecule has 2 saturated heterocycles. The number of fused-ring (bicyclic) bond motifs is 1. The van der Waals surface area contributed by atoms with Gasteiger partial charge in [-0.1, -0.05) is 6.08 Å². The van der Waals surface area contributed by atoms with Crippen LogP contribution >= 0.6 is 0 Å². The van der Waals surface area contributed by atoms with Gasteiger partial charge < -0.3 is 39.7 Å². The summed E-state index contributed by atoms with van der Waals surface area (Å²) in [7, 11) is 0. The highest BCUT2D eigenvalue weighted by Gasteiger charge is 2.46. The fourth-order valence-corrected chi connectivity index (χ4v) is 3.64. The molecule has 0 saturated carbocycles. The molecule has 3 rings (SSSR count). The molecule has 0 radical (unpaired) electrons. The second-order valence-corrected chi connectivity index (χ2v) is 6.32. The molecule has 2 heterocycles. The van der Waals surface area contributed by atoms with Crippen molar-refractivity contribution in [3.63, 3.8) is 0 Å². The average Bonchev–Trinajstić information content (AvgIpc) is 3.13. The third-order valence-corrected chi connectivity index (χ3v) is 5.03. The van der Waals surface area contributed by atoms with Gasteiger partial charge >= 0.3 is 0 Å². The second-order valence-electron chi connectivity index (χ2n) is 6.32. The van der Waals surface area contributed by atoms with E-state index in [4.69, 9.17) is 14.2 Å². The minimum atomic E-state index is -1.45. The lowest BCUT2D eigenvalue weighted by molar-refractivity contribution is -0.303. The minimum Gasteiger partial charge on any atom is -0.394 e. The maximum atomic E-state index is 9.98. The van der Waals surface area contributed by atoms with E-state index in [1.165, 1.54) is 0 Å². The first-order chi connectivity index (χ1) is 11.1. The Hall–Kier alpha value is -0.580. The van der Waals surface area contributed by atoms with E-state index in [0.717, 1.165) is 12.0 Å². The SMILES string of the molecule is OCC1=C[C@H]2OCC[C@H]2[C@H]1CO[C@@H]1O[C@H](CO)[C@@H](O)[C@H](O)[C@H]1O. The van der Waals surface area contributed by atoms with Gasteiger partial charge in [0.25, 0.3) is 0 Å². The standard InChI is InChI=1S/C15H24O8/c16-4-7-3-10-8(1-2-21-10)9(7)6-22-15-14(20)13(19)12(18)11(5-17)23-15/h3,8-20H,1-2,4-6H2/t8-,9-,10+,11+,12+,13-,14+,15+/m0/s1. The molecule has 0 unspecified atom stereocenters. The quantitative estimate of drug-likeness (QED) is 0.357. The lowest BCUT2D eigenvalue weighted by Gasteiger charge is -2.40. The summed E-state index contributed by atoms with van der Waals surface area (Å²) in [6.45, 7) is 0.286. The molecular formula is C15H24O8. The summed E-state index contributed by atoms with van der Waals surface area (Å²) in [5.74, 6) is 0.182. The predicted octanol–water partition coefficient (Wildman–Crippen LogP) is -2.24. The Bertz CT molecular complexity index is 439. The van der Waals surface area contributed by atoms with Crippen LogP contribution in [0.3, 0.4) is 0 Å². The Kier molecular flexibility index (Phi) is 5.34. The summed E-state index contributed by atoms with van der Waals surface area (Å²) in [6.07, 6.45) is -3.63. The van der Waals surface area contributed by atoms with E-state index in [-0.39, 0.29) is 31.2 Å². The molecule has 0 amide bonds. The van der Waals surface area contributed by atoms with E-state index < -0.39 is 37.3 Å². The van der Waals surface area contributed by atoms with Gasteiger partial charge in [0.15, 0.2) is 6.29 Å². The van der Waals surface area contributed by atoms with Crippen molar-refractivity contribution in [2.24, 2.45) is 11.8 Å². The molecule has 8 atom stereocenters. The Labute approximate surface area is 133 Å². The number of hydrogen-bond acceptors (Lipinski definition) is 8. The molecule has 5 N–H and O–H groups in total. The Morgan fingerprint density at radius 1 is 1.13 bits per heavy atom. The second kappa shape index (κ2) is 7.12. The third-order valence-electron chi connectivity index (χ3n) is 5.03. The third kappa shape index (κ3) is 3.18. The van der Waals surface area contributed by atoms with Crippen LogP contribution in [0.1, 0.15) is 6.42 Å².